The topological polar surface area (TPSA) is 75.4 Å². The van der Waals surface area contributed by atoms with Crippen LogP contribution in [0.4, 0.5) is 24.7 Å². The van der Waals surface area contributed by atoms with E-state index in [1.165, 1.54) is 17.3 Å². The summed E-state index contributed by atoms with van der Waals surface area (Å²) in [4.78, 5) is 26.0. The maximum Gasteiger partial charge on any atom is 0.417 e. The molecule has 1 amide bonds. The van der Waals surface area contributed by atoms with E-state index in [0.717, 1.165) is 17.8 Å². The van der Waals surface area contributed by atoms with Gasteiger partial charge in [0.1, 0.15) is 0 Å². The minimum Gasteiger partial charge on any atom is -0.345 e. The van der Waals surface area contributed by atoms with Crippen LogP contribution in [0.1, 0.15) is 15.9 Å². The number of hydrogen-bond donors (Lipinski definition) is 1. The van der Waals surface area contributed by atoms with Crippen LogP contribution in [0.5, 0.6) is 0 Å². The summed E-state index contributed by atoms with van der Waals surface area (Å²) in [5.41, 5.74) is 1.68. The molecule has 0 saturated heterocycles. The van der Waals surface area contributed by atoms with E-state index in [1.807, 2.05) is 6.07 Å². The summed E-state index contributed by atoms with van der Waals surface area (Å²) in [6.07, 6.45) is 2.35. The highest BCUT2D eigenvalue weighted by Crippen LogP contribution is 2.31. The summed E-state index contributed by atoms with van der Waals surface area (Å²) in [6, 6.07) is 8.07. The van der Waals surface area contributed by atoms with E-state index in [-0.39, 0.29) is 17.4 Å². The van der Waals surface area contributed by atoms with Crippen LogP contribution in [0.15, 0.2) is 61.3 Å². The van der Waals surface area contributed by atoms with Crippen molar-refractivity contribution in [3.05, 3.63) is 72.4 Å². The average molecular weight is 426 g/mol. The first-order valence-electron chi connectivity index (χ1n) is 9.17. The van der Waals surface area contributed by atoms with Gasteiger partial charge < -0.3 is 10.2 Å². The number of nitrogens with one attached hydrogen (secondary N) is 1. The normalized spacial score (nSPS) is 11.5. The van der Waals surface area contributed by atoms with Crippen molar-refractivity contribution >= 4 is 23.1 Å². The molecule has 0 radical (unpaired) electrons. The molecule has 1 N–H and O–H groups in total. The molecule has 10 heteroatoms. The molecule has 0 aliphatic rings. The van der Waals surface area contributed by atoms with Crippen LogP contribution in [0.25, 0.3) is 16.9 Å². The Morgan fingerprint density at radius 2 is 1.90 bits per heavy atom. The van der Waals surface area contributed by atoms with Crippen LogP contribution in [-0.4, -0.2) is 44.3 Å². The lowest BCUT2D eigenvalue weighted by atomic mass is 10.1. The Morgan fingerprint density at radius 1 is 1.10 bits per heavy atom. The number of benzene rings is 1. The van der Waals surface area contributed by atoms with Crippen molar-refractivity contribution in [1.82, 2.24) is 24.3 Å². The fourth-order valence-electron chi connectivity index (χ4n) is 3.09. The number of carbonyl (C=O) groups excluding carboxylic acids is 1. The van der Waals surface area contributed by atoms with Crippen molar-refractivity contribution in [1.29, 1.82) is 0 Å². The van der Waals surface area contributed by atoms with Crippen molar-refractivity contribution in [2.45, 2.75) is 6.18 Å². The second-order valence-electron chi connectivity index (χ2n) is 6.98. The minimum absolute atomic E-state index is 0.128. The molecule has 0 fully saturated rings. The maximum atomic E-state index is 13.0. The third-order valence-corrected chi connectivity index (χ3v) is 4.57. The fourth-order valence-corrected chi connectivity index (χ4v) is 3.09. The average Bonchev–Trinajstić information content (AvgIpc) is 3.18. The predicted octanol–water partition coefficient (Wildman–Crippen LogP) is 4.26. The summed E-state index contributed by atoms with van der Waals surface area (Å²) >= 11 is 0. The number of halogens is 3. The van der Waals surface area contributed by atoms with Gasteiger partial charge in [0, 0.05) is 43.8 Å². The minimum atomic E-state index is -4.50. The molecule has 0 spiro atoms. The van der Waals surface area contributed by atoms with Gasteiger partial charge in [-0.25, -0.2) is 9.97 Å². The third kappa shape index (κ3) is 4.04. The lowest BCUT2D eigenvalue weighted by molar-refractivity contribution is -0.137. The van der Waals surface area contributed by atoms with Crippen LogP contribution in [0.2, 0.25) is 0 Å². The first kappa shape index (κ1) is 20.3. The van der Waals surface area contributed by atoms with Gasteiger partial charge in [-0.2, -0.15) is 13.2 Å². The number of hydrogen-bond acceptors (Lipinski definition) is 5. The largest absolute Gasteiger partial charge is 0.417 e. The highest BCUT2D eigenvalue weighted by molar-refractivity contribution is 5.95. The zero-order valence-electron chi connectivity index (χ0n) is 16.6. The fraction of sp³-hybridized carbons (Fsp3) is 0.143. The molecule has 0 saturated carbocycles. The Hall–Kier alpha value is -3.95. The number of nitrogens with zero attached hydrogens (tertiary/aromatic N) is 5. The number of rotatable bonds is 4. The Morgan fingerprint density at radius 3 is 2.65 bits per heavy atom. The number of amides is 1. The highest BCUT2D eigenvalue weighted by Gasteiger charge is 2.31. The Labute approximate surface area is 175 Å². The van der Waals surface area contributed by atoms with E-state index in [9.17, 15) is 18.0 Å². The summed E-state index contributed by atoms with van der Waals surface area (Å²) in [5, 5.41) is 2.85. The van der Waals surface area contributed by atoms with Gasteiger partial charge in [0.05, 0.1) is 29.3 Å². The van der Waals surface area contributed by atoms with Crippen LogP contribution in [0, 0.1) is 0 Å². The van der Waals surface area contributed by atoms with Crippen molar-refractivity contribution < 1.29 is 18.0 Å². The zero-order valence-corrected chi connectivity index (χ0v) is 16.6. The van der Waals surface area contributed by atoms with Crippen LogP contribution >= 0.6 is 0 Å². The molecule has 4 rings (SSSR count). The van der Waals surface area contributed by atoms with Crippen molar-refractivity contribution in [2.75, 3.05) is 19.4 Å². The number of fused-ring (bicyclic) bond motifs is 1. The van der Waals surface area contributed by atoms with Crippen molar-refractivity contribution in [3.8, 4) is 11.3 Å². The highest BCUT2D eigenvalue weighted by atomic mass is 19.4. The van der Waals surface area contributed by atoms with Crippen molar-refractivity contribution in [3.63, 3.8) is 0 Å². The third-order valence-electron chi connectivity index (χ3n) is 4.57. The van der Waals surface area contributed by atoms with Gasteiger partial charge in [-0.3, -0.25) is 14.2 Å². The van der Waals surface area contributed by atoms with Gasteiger partial charge in [-0.15, -0.1) is 0 Å². The van der Waals surface area contributed by atoms with Gasteiger partial charge in [-0.1, -0.05) is 12.1 Å². The van der Waals surface area contributed by atoms with Gasteiger partial charge in [0.25, 0.3) is 5.91 Å². The molecule has 4 aromatic rings. The Balaban J connectivity index is 1.72. The monoisotopic (exact) mass is 426 g/mol. The molecule has 7 nitrogen and oxygen atoms in total. The summed E-state index contributed by atoms with van der Waals surface area (Å²) in [5.74, 6) is 0.145. The number of aromatic nitrogens is 4. The molecule has 3 aromatic heterocycles. The number of imidazole rings is 1. The number of anilines is 2. The zero-order chi connectivity index (χ0) is 22.2. The molecule has 0 atom stereocenters. The lowest BCUT2D eigenvalue weighted by Crippen LogP contribution is -2.21. The molecule has 1 aromatic carbocycles. The van der Waals surface area contributed by atoms with E-state index < -0.39 is 11.7 Å². The second kappa shape index (κ2) is 7.71. The SMILES string of the molecule is CN(C)C(=O)c1cccc(-c2cnc3c(Nc4cncc(C(F)(F)F)c4)nccn23)c1. The first-order valence-corrected chi connectivity index (χ1v) is 9.17. The molecule has 31 heavy (non-hydrogen) atoms. The molecular weight excluding hydrogens is 409 g/mol. The van der Waals surface area contributed by atoms with Crippen LogP contribution < -0.4 is 5.32 Å². The van der Waals surface area contributed by atoms with Crippen molar-refractivity contribution in [2.24, 2.45) is 0 Å². The van der Waals surface area contributed by atoms with Crippen LogP contribution in [0.3, 0.4) is 0 Å². The molecule has 0 bridgehead atoms. The molecule has 158 valence electrons. The molecule has 3 heterocycles. The van der Waals surface area contributed by atoms with Gasteiger partial charge >= 0.3 is 6.18 Å². The van der Waals surface area contributed by atoms with E-state index >= 15 is 0 Å². The number of pyridine rings is 1. The van der Waals surface area contributed by atoms with Gasteiger partial charge in [0.15, 0.2) is 11.5 Å². The summed E-state index contributed by atoms with van der Waals surface area (Å²) < 4.78 is 40.6. The standard InChI is InChI=1S/C21H17F3N6O/c1-29(2)20(31)14-5-3-4-13(8-14)17-12-27-19-18(26-6-7-30(17)19)28-16-9-15(10-25-11-16)21(22,23)24/h3-12H,1-2H3,(H,26,28). The molecular formula is C21H17F3N6O. The smallest absolute Gasteiger partial charge is 0.345 e. The number of alkyl halides is 3. The van der Waals surface area contributed by atoms with E-state index in [2.05, 4.69) is 20.3 Å². The first-order chi connectivity index (χ1) is 14.7. The van der Waals surface area contributed by atoms with Crippen LogP contribution in [-0.2, 0) is 6.18 Å². The van der Waals surface area contributed by atoms with Gasteiger partial charge in [-0.05, 0) is 18.2 Å². The molecule has 0 aliphatic heterocycles. The lowest BCUT2D eigenvalue weighted by Gasteiger charge is -2.12. The predicted molar refractivity (Wildman–Crippen MR) is 109 cm³/mol. The molecule has 0 aliphatic carbocycles. The summed E-state index contributed by atoms with van der Waals surface area (Å²) in [7, 11) is 3.35. The second-order valence-corrected chi connectivity index (χ2v) is 6.98. The van der Waals surface area contributed by atoms with E-state index in [0.29, 0.717) is 16.9 Å². The number of carbonyl (C=O) groups is 1. The Kier molecular flexibility index (Phi) is 5.05. The van der Waals surface area contributed by atoms with E-state index in [4.69, 9.17) is 0 Å². The molecule has 0 unspecified atom stereocenters. The van der Waals surface area contributed by atoms with Gasteiger partial charge in [0.2, 0.25) is 0 Å². The summed E-state index contributed by atoms with van der Waals surface area (Å²) in [6.45, 7) is 0. The quantitative estimate of drug-likeness (QED) is 0.528. The maximum absolute atomic E-state index is 13.0. The van der Waals surface area contributed by atoms with E-state index in [1.54, 1.807) is 49.1 Å². The Bertz CT molecular complexity index is 1270.